The van der Waals surface area contributed by atoms with E-state index in [1.807, 2.05) is 48.5 Å². The molecular weight excluding hydrogens is 220 g/mol. The number of rotatable bonds is 3. The first-order chi connectivity index (χ1) is 7.81. The van der Waals surface area contributed by atoms with Crippen LogP contribution in [0.3, 0.4) is 0 Å². The van der Waals surface area contributed by atoms with Gasteiger partial charge in [0.25, 0.3) is 0 Å². The highest BCUT2D eigenvalue weighted by molar-refractivity contribution is 6.31. The number of carbonyl (C=O) groups is 1. The van der Waals surface area contributed by atoms with Crippen LogP contribution in [-0.2, 0) is 11.2 Å². The predicted octanol–water partition coefficient (Wildman–Crippen LogP) is 3.75. The van der Waals surface area contributed by atoms with Crippen molar-refractivity contribution in [2.24, 2.45) is 0 Å². The predicted molar refractivity (Wildman–Crippen MR) is 66.7 cm³/mol. The molecule has 0 fully saturated rings. The summed E-state index contributed by atoms with van der Waals surface area (Å²) in [6.07, 6.45) is 1.23. The minimum Gasteiger partial charge on any atom is -0.303 e. The molecule has 80 valence electrons. The zero-order chi connectivity index (χ0) is 11.4. The van der Waals surface area contributed by atoms with E-state index >= 15 is 0 Å². The van der Waals surface area contributed by atoms with Crippen molar-refractivity contribution in [1.82, 2.24) is 0 Å². The lowest BCUT2D eigenvalue weighted by Gasteiger charge is -2.05. The molecule has 0 spiro atoms. The fraction of sp³-hybridized carbons (Fsp3) is 0.0714. The van der Waals surface area contributed by atoms with Crippen LogP contribution in [0.4, 0.5) is 0 Å². The number of hydrogen-bond donors (Lipinski definition) is 0. The molecule has 0 bridgehead atoms. The molecule has 0 heterocycles. The van der Waals surface area contributed by atoms with Crippen LogP contribution in [-0.4, -0.2) is 6.29 Å². The Morgan fingerprint density at radius 3 is 2.44 bits per heavy atom. The molecule has 0 amide bonds. The summed E-state index contributed by atoms with van der Waals surface area (Å²) in [6.45, 7) is 0. The third-order valence-corrected chi connectivity index (χ3v) is 2.82. The molecule has 2 aromatic rings. The molecule has 2 rings (SSSR count). The monoisotopic (exact) mass is 230 g/mol. The Morgan fingerprint density at radius 2 is 1.75 bits per heavy atom. The van der Waals surface area contributed by atoms with Crippen molar-refractivity contribution in [2.75, 3.05) is 0 Å². The zero-order valence-electron chi connectivity index (χ0n) is 8.69. The Balaban J connectivity index is 2.43. The van der Waals surface area contributed by atoms with Gasteiger partial charge < -0.3 is 4.79 Å². The fourth-order valence-electron chi connectivity index (χ4n) is 1.63. The third-order valence-electron chi connectivity index (χ3n) is 2.46. The molecule has 0 aliphatic rings. The lowest BCUT2D eigenvalue weighted by molar-refractivity contribution is -0.107. The molecule has 2 aromatic carbocycles. The summed E-state index contributed by atoms with van der Waals surface area (Å²) in [6, 6.07) is 15.8. The Hall–Kier alpha value is -1.60. The number of aldehydes is 1. The maximum absolute atomic E-state index is 10.5. The van der Waals surface area contributed by atoms with Crippen molar-refractivity contribution in [1.29, 1.82) is 0 Å². The van der Waals surface area contributed by atoms with Crippen LogP contribution in [0.5, 0.6) is 0 Å². The van der Waals surface area contributed by atoms with Crippen molar-refractivity contribution in [2.45, 2.75) is 6.42 Å². The zero-order valence-corrected chi connectivity index (χ0v) is 9.45. The molecule has 0 atom stereocenters. The Labute approximate surface area is 99.7 Å². The standard InChI is InChI=1S/C14H11ClO/c15-14-7-6-12(10-13(14)8-9-16)11-4-2-1-3-5-11/h1-7,9-10H,8H2. The highest BCUT2D eigenvalue weighted by Crippen LogP contribution is 2.25. The maximum atomic E-state index is 10.5. The second kappa shape index (κ2) is 4.95. The third kappa shape index (κ3) is 2.31. The van der Waals surface area contributed by atoms with Gasteiger partial charge in [0.05, 0.1) is 0 Å². The van der Waals surface area contributed by atoms with Crippen LogP contribution in [0.2, 0.25) is 5.02 Å². The number of carbonyl (C=O) groups excluding carboxylic acids is 1. The molecule has 0 unspecified atom stereocenters. The highest BCUT2D eigenvalue weighted by atomic mass is 35.5. The van der Waals surface area contributed by atoms with Crippen LogP contribution < -0.4 is 0 Å². The molecule has 0 radical (unpaired) electrons. The molecular formula is C14H11ClO. The summed E-state index contributed by atoms with van der Waals surface area (Å²) in [5.74, 6) is 0. The van der Waals surface area contributed by atoms with E-state index in [0.29, 0.717) is 11.4 Å². The van der Waals surface area contributed by atoms with Gasteiger partial charge in [0.15, 0.2) is 0 Å². The molecule has 2 heteroatoms. The maximum Gasteiger partial charge on any atom is 0.124 e. The topological polar surface area (TPSA) is 17.1 Å². The van der Waals surface area contributed by atoms with Crippen LogP contribution in [0.25, 0.3) is 11.1 Å². The Bertz CT molecular complexity index is 491. The summed E-state index contributed by atoms with van der Waals surface area (Å²) in [5, 5.41) is 0.645. The van der Waals surface area contributed by atoms with Gasteiger partial charge in [-0.1, -0.05) is 48.0 Å². The molecule has 0 N–H and O–H groups in total. The first-order valence-corrected chi connectivity index (χ1v) is 5.46. The van der Waals surface area contributed by atoms with Gasteiger partial charge in [-0.05, 0) is 28.8 Å². The Kier molecular flexibility index (Phi) is 3.37. The van der Waals surface area contributed by atoms with Gasteiger partial charge >= 0.3 is 0 Å². The highest BCUT2D eigenvalue weighted by Gasteiger charge is 2.03. The van der Waals surface area contributed by atoms with E-state index in [0.717, 1.165) is 23.0 Å². The lowest BCUT2D eigenvalue weighted by atomic mass is 10.0. The van der Waals surface area contributed by atoms with Gasteiger partial charge in [0.1, 0.15) is 6.29 Å². The van der Waals surface area contributed by atoms with E-state index in [4.69, 9.17) is 11.6 Å². The normalized spacial score (nSPS) is 10.1. The van der Waals surface area contributed by atoms with Crippen molar-refractivity contribution in [3.05, 3.63) is 59.1 Å². The second-order valence-electron chi connectivity index (χ2n) is 3.54. The van der Waals surface area contributed by atoms with Gasteiger partial charge in [-0.2, -0.15) is 0 Å². The molecule has 0 aliphatic carbocycles. The van der Waals surface area contributed by atoms with E-state index in [-0.39, 0.29) is 0 Å². The molecule has 0 saturated carbocycles. The lowest BCUT2D eigenvalue weighted by Crippen LogP contribution is -1.88. The fourth-order valence-corrected chi connectivity index (χ4v) is 1.83. The average molecular weight is 231 g/mol. The summed E-state index contributed by atoms with van der Waals surface area (Å²) < 4.78 is 0. The van der Waals surface area contributed by atoms with E-state index in [1.165, 1.54) is 0 Å². The Morgan fingerprint density at radius 1 is 1.00 bits per heavy atom. The molecule has 16 heavy (non-hydrogen) atoms. The van der Waals surface area contributed by atoms with E-state index < -0.39 is 0 Å². The van der Waals surface area contributed by atoms with Crippen LogP contribution in [0.1, 0.15) is 5.56 Å². The largest absolute Gasteiger partial charge is 0.303 e. The molecule has 0 aliphatic heterocycles. The van der Waals surface area contributed by atoms with Gasteiger partial charge in [0.2, 0.25) is 0 Å². The van der Waals surface area contributed by atoms with Crippen LogP contribution in [0.15, 0.2) is 48.5 Å². The summed E-state index contributed by atoms with van der Waals surface area (Å²) >= 11 is 6.00. The molecule has 1 nitrogen and oxygen atoms in total. The van der Waals surface area contributed by atoms with Crippen LogP contribution >= 0.6 is 11.6 Å². The number of hydrogen-bond acceptors (Lipinski definition) is 1. The van der Waals surface area contributed by atoms with Crippen molar-refractivity contribution < 1.29 is 4.79 Å². The smallest absolute Gasteiger partial charge is 0.124 e. The SMILES string of the molecule is O=CCc1cc(-c2ccccc2)ccc1Cl. The van der Waals surface area contributed by atoms with Gasteiger partial charge in [-0.15, -0.1) is 0 Å². The van der Waals surface area contributed by atoms with E-state index in [2.05, 4.69) is 0 Å². The minimum atomic E-state index is 0.361. The molecule has 0 saturated heterocycles. The van der Waals surface area contributed by atoms with E-state index in [1.54, 1.807) is 0 Å². The second-order valence-corrected chi connectivity index (χ2v) is 3.95. The summed E-state index contributed by atoms with van der Waals surface area (Å²) in [4.78, 5) is 10.5. The van der Waals surface area contributed by atoms with Crippen LogP contribution in [0, 0.1) is 0 Å². The number of halogens is 1. The summed E-state index contributed by atoms with van der Waals surface area (Å²) in [7, 11) is 0. The first kappa shape index (κ1) is 10.9. The van der Waals surface area contributed by atoms with E-state index in [9.17, 15) is 4.79 Å². The van der Waals surface area contributed by atoms with Crippen molar-refractivity contribution >= 4 is 17.9 Å². The van der Waals surface area contributed by atoms with Gasteiger partial charge in [-0.3, -0.25) is 0 Å². The minimum absolute atomic E-state index is 0.361. The average Bonchev–Trinajstić information content (AvgIpc) is 2.33. The van der Waals surface area contributed by atoms with Crippen molar-refractivity contribution in [3.63, 3.8) is 0 Å². The van der Waals surface area contributed by atoms with Gasteiger partial charge in [0, 0.05) is 11.4 Å². The van der Waals surface area contributed by atoms with Gasteiger partial charge in [-0.25, -0.2) is 0 Å². The summed E-state index contributed by atoms with van der Waals surface area (Å²) in [5.41, 5.74) is 3.09. The van der Waals surface area contributed by atoms with Crippen molar-refractivity contribution in [3.8, 4) is 11.1 Å². The molecule has 0 aromatic heterocycles. The first-order valence-electron chi connectivity index (χ1n) is 5.09. The number of benzene rings is 2. The quantitative estimate of drug-likeness (QED) is 0.734.